The number of carbonyl (C=O) groups is 1. The third kappa shape index (κ3) is 4.95. The summed E-state index contributed by atoms with van der Waals surface area (Å²) in [5.74, 6) is 0.194. The summed E-state index contributed by atoms with van der Waals surface area (Å²) in [5, 5.41) is 3.24. The lowest BCUT2D eigenvalue weighted by atomic mass is 10.1. The molecular formula is C20H32N4O. The number of benzene rings is 1. The lowest BCUT2D eigenvalue weighted by Crippen LogP contribution is -2.51. The number of nitrogens with one attached hydrogen (secondary N) is 1. The van der Waals surface area contributed by atoms with Gasteiger partial charge >= 0.3 is 0 Å². The van der Waals surface area contributed by atoms with Crippen molar-refractivity contribution >= 4 is 11.6 Å². The minimum Gasteiger partial charge on any atom is -0.369 e. The van der Waals surface area contributed by atoms with E-state index < -0.39 is 0 Å². The predicted molar refractivity (Wildman–Crippen MR) is 103 cm³/mol. The van der Waals surface area contributed by atoms with Crippen molar-refractivity contribution in [1.29, 1.82) is 0 Å². The molecule has 2 fully saturated rings. The number of piperazine rings is 1. The molecule has 1 aromatic carbocycles. The summed E-state index contributed by atoms with van der Waals surface area (Å²) in [6.45, 7) is 12.1. The number of likely N-dealkylation sites (tertiary alicyclic amines) is 1. The molecule has 0 atom stereocenters. The molecule has 0 aliphatic carbocycles. The molecule has 138 valence electrons. The molecule has 2 aliphatic rings. The van der Waals surface area contributed by atoms with E-state index in [-0.39, 0.29) is 5.91 Å². The normalized spacial score (nSPS) is 20.6. The van der Waals surface area contributed by atoms with E-state index >= 15 is 0 Å². The van der Waals surface area contributed by atoms with Gasteiger partial charge in [0.1, 0.15) is 0 Å². The first kappa shape index (κ1) is 18.2. The Bertz CT molecular complexity index is 561. The number of para-hydroxylation sites is 1. The molecule has 1 N–H and O–H groups in total. The molecule has 0 bridgehead atoms. The topological polar surface area (TPSA) is 38.8 Å². The smallest absolute Gasteiger partial charge is 0.234 e. The maximum Gasteiger partial charge on any atom is 0.234 e. The van der Waals surface area contributed by atoms with Gasteiger partial charge in [0.25, 0.3) is 0 Å². The number of hydrogen-bond acceptors (Lipinski definition) is 4. The highest BCUT2D eigenvalue weighted by atomic mass is 16.2. The van der Waals surface area contributed by atoms with Gasteiger partial charge in [-0.3, -0.25) is 9.69 Å². The number of anilines is 1. The van der Waals surface area contributed by atoms with E-state index in [1.807, 2.05) is 0 Å². The van der Waals surface area contributed by atoms with Crippen LogP contribution in [0.2, 0.25) is 0 Å². The van der Waals surface area contributed by atoms with Crippen LogP contribution in [-0.2, 0) is 4.79 Å². The van der Waals surface area contributed by atoms with Crippen LogP contribution in [0.25, 0.3) is 0 Å². The molecule has 25 heavy (non-hydrogen) atoms. The monoisotopic (exact) mass is 344 g/mol. The van der Waals surface area contributed by atoms with E-state index in [4.69, 9.17) is 0 Å². The summed E-state index contributed by atoms with van der Waals surface area (Å²) >= 11 is 0. The summed E-state index contributed by atoms with van der Waals surface area (Å²) in [6.07, 6.45) is 2.17. The molecule has 2 heterocycles. The second-order valence-electron chi connectivity index (χ2n) is 7.33. The second kappa shape index (κ2) is 8.68. The summed E-state index contributed by atoms with van der Waals surface area (Å²) in [5.41, 5.74) is 2.65. The fraction of sp³-hybridized carbons (Fsp3) is 0.650. The summed E-state index contributed by atoms with van der Waals surface area (Å²) < 4.78 is 0. The van der Waals surface area contributed by atoms with Crippen molar-refractivity contribution < 1.29 is 4.79 Å². The van der Waals surface area contributed by atoms with Crippen molar-refractivity contribution in [2.45, 2.75) is 32.7 Å². The van der Waals surface area contributed by atoms with Gasteiger partial charge in [-0.25, -0.2) is 0 Å². The van der Waals surface area contributed by atoms with E-state index in [9.17, 15) is 4.79 Å². The average molecular weight is 345 g/mol. The molecule has 0 radical (unpaired) electrons. The van der Waals surface area contributed by atoms with Crippen LogP contribution in [0.15, 0.2) is 24.3 Å². The largest absolute Gasteiger partial charge is 0.369 e. The SMILES string of the molecule is CCN1CCC(NC(=O)CN2CCN(c3ccccc3C)CC2)CC1. The van der Waals surface area contributed by atoms with Crippen molar-refractivity contribution in [1.82, 2.24) is 15.1 Å². The number of amides is 1. The number of nitrogens with zero attached hydrogens (tertiary/aromatic N) is 3. The van der Waals surface area contributed by atoms with Gasteiger partial charge in [-0.1, -0.05) is 25.1 Å². The Kier molecular flexibility index (Phi) is 6.32. The van der Waals surface area contributed by atoms with Gasteiger partial charge in [0, 0.05) is 51.0 Å². The molecule has 5 heteroatoms. The van der Waals surface area contributed by atoms with Crippen LogP contribution in [-0.4, -0.2) is 74.1 Å². The average Bonchev–Trinajstić information content (AvgIpc) is 2.63. The van der Waals surface area contributed by atoms with Crippen molar-refractivity contribution in [2.24, 2.45) is 0 Å². The molecule has 0 unspecified atom stereocenters. The number of hydrogen-bond donors (Lipinski definition) is 1. The van der Waals surface area contributed by atoms with Gasteiger partial charge < -0.3 is 15.1 Å². The Balaban J connectivity index is 1.40. The van der Waals surface area contributed by atoms with E-state index in [2.05, 4.69) is 58.1 Å². The zero-order chi connectivity index (χ0) is 17.6. The van der Waals surface area contributed by atoms with Gasteiger partial charge in [0.05, 0.1) is 6.54 Å². The van der Waals surface area contributed by atoms with Gasteiger partial charge in [-0.15, -0.1) is 0 Å². The van der Waals surface area contributed by atoms with Crippen molar-refractivity contribution in [3.05, 3.63) is 29.8 Å². The first-order valence-corrected chi connectivity index (χ1v) is 9.70. The summed E-state index contributed by atoms with van der Waals surface area (Å²) in [6, 6.07) is 8.92. The fourth-order valence-corrected chi connectivity index (χ4v) is 3.94. The molecule has 0 spiro atoms. The Morgan fingerprint density at radius 1 is 1.04 bits per heavy atom. The highest BCUT2D eigenvalue weighted by molar-refractivity contribution is 5.78. The number of aryl methyl sites for hydroxylation is 1. The minimum atomic E-state index is 0.194. The van der Waals surface area contributed by atoms with E-state index in [0.717, 1.165) is 58.7 Å². The third-order valence-electron chi connectivity index (χ3n) is 5.60. The number of piperidine rings is 1. The van der Waals surface area contributed by atoms with Crippen LogP contribution in [0.4, 0.5) is 5.69 Å². The molecule has 3 rings (SSSR count). The highest BCUT2D eigenvalue weighted by Gasteiger charge is 2.23. The first-order valence-electron chi connectivity index (χ1n) is 9.70. The fourth-order valence-electron chi connectivity index (χ4n) is 3.94. The van der Waals surface area contributed by atoms with E-state index in [0.29, 0.717) is 12.6 Å². The second-order valence-corrected chi connectivity index (χ2v) is 7.33. The molecule has 0 saturated carbocycles. The zero-order valence-electron chi connectivity index (χ0n) is 15.7. The quantitative estimate of drug-likeness (QED) is 0.883. The van der Waals surface area contributed by atoms with Crippen LogP contribution in [0.5, 0.6) is 0 Å². The Labute approximate surface area is 152 Å². The molecule has 2 aliphatic heterocycles. The summed E-state index contributed by atoms with van der Waals surface area (Å²) in [4.78, 5) is 19.5. The molecule has 5 nitrogen and oxygen atoms in total. The van der Waals surface area contributed by atoms with Crippen LogP contribution >= 0.6 is 0 Å². The minimum absolute atomic E-state index is 0.194. The van der Waals surface area contributed by atoms with Gasteiger partial charge in [-0.2, -0.15) is 0 Å². The van der Waals surface area contributed by atoms with Crippen LogP contribution < -0.4 is 10.2 Å². The molecule has 0 aromatic heterocycles. The van der Waals surface area contributed by atoms with Gasteiger partial charge in [0.2, 0.25) is 5.91 Å². The van der Waals surface area contributed by atoms with Gasteiger partial charge in [-0.05, 0) is 37.9 Å². The summed E-state index contributed by atoms with van der Waals surface area (Å²) in [7, 11) is 0. The van der Waals surface area contributed by atoms with Crippen LogP contribution in [0.1, 0.15) is 25.3 Å². The number of carbonyl (C=O) groups excluding carboxylic acids is 1. The molecule has 2 saturated heterocycles. The van der Waals surface area contributed by atoms with Crippen LogP contribution in [0, 0.1) is 6.92 Å². The number of rotatable bonds is 5. The molecular weight excluding hydrogens is 312 g/mol. The van der Waals surface area contributed by atoms with Crippen LogP contribution in [0.3, 0.4) is 0 Å². The standard InChI is InChI=1S/C20H32N4O/c1-3-22-10-8-18(9-11-22)21-20(25)16-23-12-14-24(15-13-23)19-7-5-4-6-17(19)2/h4-7,18H,3,8-16H2,1-2H3,(H,21,25). The maximum atomic E-state index is 12.4. The van der Waals surface area contributed by atoms with Crippen molar-refractivity contribution in [3.8, 4) is 0 Å². The maximum absolute atomic E-state index is 12.4. The zero-order valence-corrected chi connectivity index (χ0v) is 15.7. The predicted octanol–water partition coefficient (Wildman–Crippen LogP) is 1.72. The van der Waals surface area contributed by atoms with Crippen molar-refractivity contribution in [2.75, 3.05) is 57.3 Å². The molecule has 1 amide bonds. The Morgan fingerprint density at radius 2 is 1.72 bits per heavy atom. The highest BCUT2D eigenvalue weighted by Crippen LogP contribution is 2.20. The van der Waals surface area contributed by atoms with E-state index in [1.54, 1.807) is 0 Å². The van der Waals surface area contributed by atoms with Crippen molar-refractivity contribution in [3.63, 3.8) is 0 Å². The first-order chi connectivity index (χ1) is 12.2. The lowest BCUT2D eigenvalue weighted by molar-refractivity contribution is -0.123. The molecule has 1 aromatic rings. The van der Waals surface area contributed by atoms with Gasteiger partial charge in [0.15, 0.2) is 0 Å². The Hall–Kier alpha value is -1.59. The van der Waals surface area contributed by atoms with E-state index in [1.165, 1.54) is 11.3 Å². The lowest BCUT2D eigenvalue weighted by Gasteiger charge is -2.37. The third-order valence-corrected chi connectivity index (χ3v) is 5.60. The Morgan fingerprint density at radius 3 is 2.36 bits per heavy atom.